The summed E-state index contributed by atoms with van der Waals surface area (Å²) in [5.74, 6) is 1.34. The van der Waals surface area contributed by atoms with E-state index in [4.69, 9.17) is 0 Å². The van der Waals surface area contributed by atoms with Crippen LogP contribution in [0.4, 0.5) is 0 Å². The minimum absolute atomic E-state index is 0.247. The summed E-state index contributed by atoms with van der Waals surface area (Å²) >= 11 is 0. The van der Waals surface area contributed by atoms with E-state index in [2.05, 4.69) is 11.8 Å². The third-order valence-corrected chi connectivity index (χ3v) is 4.84. The van der Waals surface area contributed by atoms with E-state index in [0.29, 0.717) is 18.2 Å². The maximum Gasteiger partial charge on any atom is 0.149 e. The molecule has 2 heteroatoms. The maximum atomic E-state index is 12.0. The van der Waals surface area contributed by atoms with Gasteiger partial charge in [0.15, 0.2) is 0 Å². The lowest BCUT2D eigenvalue weighted by Crippen LogP contribution is -2.43. The van der Waals surface area contributed by atoms with Gasteiger partial charge in [0.05, 0.1) is 6.04 Å². The van der Waals surface area contributed by atoms with Crippen LogP contribution < -0.4 is 0 Å². The molecule has 0 amide bonds. The van der Waals surface area contributed by atoms with Gasteiger partial charge in [-0.1, -0.05) is 33.1 Å². The van der Waals surface area contributed by atoms with Crippen LogP contribution in [-0.4, -0.2) is 29.3 Å². The van der Waals surface area contributed by atoms with Crippen molar-refractivity contribution in [1.29, 1.82) is 0 Å². The van der Waals surface area contributed by atoms with Crippen molar-refractivity contribution in [2.45, 2.75) is 77.3 Å². The fourth-order valence-corrected chi connectivity index (χ4v) is 3.95. The van der Waals surface area contributed by atoms with E-state index in [1.54, 1.807) is 0 Å². The minimum Gasteiger partial charge on any atom is -0.298 e. The van der Waals surface area contributed by atoms with Crippen molar-refractivity contribution >= 4 is 5.78 Å². The van der Waals surface area contributed by atoms with Crippen LogP contribution in [0.3, 0.4) is 0 Å². The van der Waals surface area contributed by atoms with E-state index in [1.165, 1.54) is 38.5 Å². The minimum atomic E-state index is 0.247. The predicted octanol–water partition coefficient (Wildman–Crippen LogP) is 3.40. The summed E-state index contributed by atoms with van der Waals surface area (Å²) in [5, 5.41) is 0. The summed E-state index contributed by atoms with van der Waals surface area (Å²) in [7, 11) is 0. The van der Waals surface area contributed by atoms with Gasteiger partial charge in [0.25, 0.3) is 0 Å². The summed E-state index contributed by atoms with van der Waals surface area (Å²) in [5.41, 5.74) is 0. The molecule has 1 saturated carbocycles. The summed E-state index contributed by atoms with van der Waals surface area (Å²) in [4.78, 5) is 14.5. The van der Waals surface area contributed by atoms with E-state index >= 15 is 0 Å². The first-order valence-corrected chi connectivity index (χ1v) is 7.56. The summed E-state index contributed by atoms with van der Waals surface area (Å²) in [6.07, 6.45) is 10.1. The highest BCUT2D eigenvalue weighted by Crippen LogP contribution is 2.37. The lowest BCUT2D eigenvalue weighted by molar-refractivity contribution is -0.123. The zero-order valence-corrected chi connectivity index (χ0v) is 11.5. The Balaban J connectivity index is 2.01. The van der Waals surface area contributed by atoms with Crippen molar-refractivity contribution in [2.24, 2.45) is 5.92 Å². The fraction of sp³-hybridized carbons (Fsp3) is 0.933. The number of likely N-dealkylation sites (N-methyl/N-ethyl adjacent to an activating group) is 1. The number of carbonyl (C=O) groups is 1. The van der Waals surface area contributed by atoms with Gasteiger partial charge in [-0.2, -0.15) is 0 Å². The number of nitrogens with zero attached hydrogens (tertiary/aromatic N) is 1. The highest BCUT2D eigenvalue weighted by molar-refractivity contribution is 5.84. The van der Waals surface area contributed by atoms with Crippen LogP contribution >= 0.6 is 0 Å². The molecule has 0 aromatic heterocycles. The van der Waals surface area contributed by atoms with Crippen molar-refractivity contribution in [1.82, 2.24) is 4.90 Å². The molecule has 0 aromatic carbocycles. The molecule has 2 fully saturated rings. The molecule has 0 bridgehead atoms. The van der Waals surface area contributed by atoms with Crippen LogP contribution in [0.1, 0.15) is 65.2 Å². The number of ketones is 1. The monoisotopic (exact) mass is 237 g/mol. The van der Waals surface area contributed by atoms with Crippen LogP contribution in [0.2, 0.25) is 0 Å². The first-order chi connectivity index (χ1) is 8.27. The number of hydrogen-bond acceptors (Lipinski definition) is 2. The van der Waals surface area contributed by atoms with Gasteiger partial charge in [-0.3, -0.25) is 9.69 Å². The summed E-state index contributed by atoms with van der Waals surface area (Å²) < 4.78 is 0. The fourth-order valence-electron chi connectivity index (χ4n) is 3.95. The predicted molar refractivity (Wildman–Crippen MR) is 71.1 cm³/mol. The zero-order valence-electron chi connectivity index (χ0n) is 11.5. The smallest absolute Gasteiger partial charge is 0.149 e. The Hall–Kier alpha value is -0.370. The first kappa shape index (κ1) is 13.1. The summed E-state index contributed by atoms with van der Waals surface area (Å²) in [6.45, 7) is 5.28. The van der Waals surface area contributed by atoms with Crippen LogP contribution in [0.5, 0.6) is 0 Å². The molecular weight excluding hydrogens is 210 g/mol. The van der Waals surface area contributed by atoms with Gasteiger partial charge in [-0.25, -0.2) is 0 Å². The van der Waals surface area contributed by atoms with Gasteiger partial charge in [0.2, 0.25) is 0 Å². The molecule has 1 heterocycles. The average Bonchev–Trinajstić information content (AvgIpc) is 2.82. The van der Waals surface area contributed by atoms with Crippen molar-refractivity contribution in [2.75, 3.05) is 6.54 Å². The maximum absolute atomic E-state index is 12.0. The number of rotatable bonds is 4. The molecule has 1 aliphatic heterocycles. The molecule has 2 unspecified atom stereocenters. The van der Waals surface area contributed by atoms with Gasteiger partial charge in [0.1, 0.15) is 5.78 Å². The second-order valence-corrected chi connectivity index (χ2v) is 5.71. The summed E-state index contributed by atoms with van der Waals surface area (Å²) in [6, 6.07) is 0.956. The Bertz CT molecular complexity index is 258. The quantitative estimate of drug-likeness (QED) is 0.747. The van der Waals surface area contributed by atoms with Crippen molar-refractivity contribution < 1.29 is 4.79 Å². The van der Waals surface area contributed by atoms with E-state index in [0.717, 1.165) is 18.9 Å². The molecule has 1 aliphatic carbocycles. The highest BCUT2D eigenvalue weighted by Gasteiger charge is 2.39. The first-order valence-electron chi connectivity index (χ1n) is 7.56. The molecule has 2 nitrogen and oxygen atoms in total. The third-order valence-electron chi connectivity index (χ3n) is 4.84. The number of likely N-dealkylation sites (tertiary alicyclic amines) is 1. The highest BCUT2D eigenvalue weighted by atomic mass is 16.1. The standard InChI is InChI=1S/C15H27NO/c1-3-15(17)14-11-10-13(16(14)4-2)12-8-6-5-7-9-12/h12-14H,3-11H2,1-2H3. The molecule has 0 aromatic rings. The number of Topliss-reactive ketones (excluding diaryl/α,β-unsaturated/α-hetero) is 1. The van der Waals surface area contributed by atoms with E-state index < -0.39 is 0 Å². The molecule has 0 spiro atoms. The Morgan fingerprint density at radius 2 is 1.76 bits per heavy atom. The number of hydrogen-bond donors (Lipinski definition) is 0. The zero-order chi connectivity index (χ0) is 12.3. The Kier molecular flexibility index (Phi) is 4.61. The largest absolute Gasteiger partial charge is 0.298 e. The van der Waals surface area contributed by atoms with E-state index in [-0.39, 0.29) is 6.04 Å². The van der Waals surface area contributed by atoms with Crippen LogP contribution in [0.15, 0.2) is 0 Å². The van der Waals surface area contributed by atoms with Gasteiger partial charge in [0, 0.05) is 12.5 Å². The topological polar surface area (TPSA) is 20.3 Å². The normalized spacial score (nSPS) is 31.9. The lowest BCUT2D eigenvalue weighted by Gasteiger charge is -2.35. The molecule has 2 atom stereocenters. The van der Waals surface area contributed by atoms with E-state index in [1.807, 2.05) is 6.92 Å². The lowest BCUT2D eigenvalue weighted by atomic mass is 9.83. The molecule has 1 saturated heterocycles. The third kappa shape index (κ3) is 2.73. The second-order valence-electron chi connectivity index (χ2n) is 5.71. The van der Waals surface area contributed by atoms with Crippen LogP contribution in [-0.2, 0) is 4.79 Å². The van der Waals surface area contributed by atoms with Crippen molar-refractivity contribution in [3.05, 3.63) is 0 Å². The molecular formula is C15H27NO. The van der Waals surface area contributed by atoms with Gasteiger partial charge >= 0.3 is 0 Å². The molecule has 0 N–H and O–H groups in total. The second kappa shape index (κ2) is 5.99. The van der Waals surface area contributed by atoms with Crippen LogP contribution in [0, 0.1) is 5.92 Å². The van der Waals surface area contributed by atoms with Gasteiger partial charge in [-0.15, -0.1) is 0 Å². The average molecular weight is 237 g/mol. The molecule has 0 radical (unpaired) electrons. The van der Waals surface area contributed by atoms with Crippen molar-refractivity contribution in [3.63, 3.8) is 0 Å². The SMILES string of the molecule is CCC(=O)C1CCC(C2CCCCC2)N1CC. The van der Waals surface area contributed by atoms with Crippen molar-refractivity contribution in [3.8, 4) is 0 Å². The number of carbonyl (C=O) groups excluding carboxylic acids is 1. The Labute approximate surface area is 106 Å². The molecule has 2 aliphatic rings. The molecule has 2 rings (SSSR count). The Morgan fingerprint density at radius 3 is 2.35 bits per heavy atom. The van der Waals surface area contributed by atoms with Crippen LogP contribution in [0.25, 0.3) is 0 Å². The van der Waals surface area contributed by atoms with Gasteiger partial charge in [-0.05, 0) is 38.1 Å². The molecule has 17 heavy (non-hydrogen) atoms. The van der Waals surface area contributed by atoms with E-state index in [9.17, 15) is 4.79 Å². The molecule has 98 valence electrons. The Morgan fingerprint density at radius 1 is 1.06 bits per heavy atom. The van der Waals surface area contributed by atoms with Gasteiger partial charge < -0.3 is 0 Å².